The van der Waals surface area contributed by atoms with Crippen molar-refractivity contribution in [3.63, 3.8) is 0 Å². The molecule has 0 unspecified atom stereocenters. The van der Waals surface area contributed by atoms with E-state index in [0.29, 0.717) is 17.7 Å². The van der Waals surface area contributed by atoms with Gasteiger partial charge in [-0.25, -0.2) is 10.2 Å². The van der Waals surface area contributed by atoms with Crippen molar-refractivity contribution in [1.29, 1.82) is 0 Å². The zero-order chi connectivity index (χ0) is 24.4. The first-order valence-corrected chi connectivity index (χ1v) is 13.6. The highest BCUT2D eigenvalue weighted by atomic mass is 127. The van der Waals surface area contributed by atoms with Crippen LogP contribution in [0, 0.1) is 3.57 Å². The molecule has 1 N–H and O–H groups in total. The maximum atomic E-state index is 12.3. The van der Waals surface area contributed by atoms with Gasteiger partial charge in [-0.05, 0) is 71.0 Å². The Hall–Kier alpha value is -2.22. The van der Waals surface area contributed by atoms with E-state index in [0.717, 1.165) is 22.0 Å². The molecule has 2 aromatic rings. The molecule has 0 aliphatic heterocycles. The lowest BCUT2D eigenvalue weighted by Crippen LogP contribution is -2.16. The Bertz CT molecular complexity index is 897. The summed E-state index contributed by atoms with van der Waals surface area (Å²) in [5.74, 6) is 0.0126. The maximum absolute atomic E-state index is 12.3. The van der Waals surface area contributed by atoms with Crippen molar-refractivity contribution < 1.29 is 14.3 Å². The first kappa shape index (κ1) is 28.0. The molecular formula is C28H37IN2O3. The Morgan fingerprint density at radius 3 is 2.06 bits per heavy atom. The third-order valence-corrected chi connectivity index (χ3v) is 6.54. The highest BCUT2D eigenvalue weighted by Gasteiger charge is 2.11. The van der Waals surface area contributed by atoms with Gasteiger partial charge in [0.1, 0.15) is 5.75 Å². The van der Waals surface area contributed by atoms with Gasteiger partial charge in [-0.15, -0.1) is 0 Å². The number of benzene rings is 2. The SMILES string of the molecule is CCCCCCCCCCCCCC(=O)N/N=C\c1ccc(OC(=O)c2ccccc2I)cc1. The highest BCUT2D eigenvalue weighted by molar-refractivity contribution is 14.1. The molecule has 5 nitrogen and oxygen atoms in total. The summed E-state index contributed by atoms with van der Waals surface area (Å²) in [6.45, 7) is 2.25. The molecule has 2 rings (SSSR count). The normalized spacial score (nSPS) is 11.0. The first-order valence-electron chi connectivity index (χ1n) is 12.5. The number of hydrazone groups is 1. The third kappa shape index (κ3) is 11.8. The Morgan fingerprint density at radius 1 is 0.853 bits per heavy atom. The van der Waals surface area contributed by atoms with Crippen molar-refractivity contribution in [2.75, 3.05) is 0 Å². The molecule has 0 heterocycles. The summed E-state index contributed by atoms with van der Waals surface area (Å²) in [5.41, 5.74) is 3.93. The summed E-state index contributed by atoms with van der Waals surface area (Å²) in [6.07, 6.45) is 16.0. The van der Waals surface area contributed by atoms with Gasteiger partial charge in [0.05, 0.1) is 11.8 Å². The molecular weight excluding hydrogens is 539 g/mol. The molecule has 0 atom stereocenters. The fraction of sp³-hybridized carbons (Fsp3) is 0.464. The third-order valence-electron chi connectivity index (χ3n) is 5.59. The van der Waals surface area contributed by atoms with Crippen molar-refractivity contribution in [3.05, 3.63) is 63.2 Å². The average molecular weight is 577 g/mol. The van der Waals surface area contributed by atoms with Crippen LogP contribution in [0.4, 0.5) is 0 Å². The molecule has 0 saturated heterocycles. The lowest BCUT2D eigenvalue weighted by molar-refractivity contribution is -0.121. The van der Waals surface area contributed by atoms with Crippen LogP contribution in [0.2, 0.25) is 0 Å². The van der Waals surface area contributed by atoms with Crippen molar-refractivity contribution in [1.82, 2.24) is 5.43 Å². The van der Waals surface area contributed by atoms with Crippen molar-refractivity contribution in [2.45, 2.75) is 84.0 Å². The van der Waals surface area contributed by atoms with Crippen LogP contribution < -0.4 is 10.2 Å². The smallest absolute Gasteiger partial charge is 0.344 e. The van der Waals surface area contributed by atoms with Gasteiger partial charge in [0, 0.05) is 9.99 Å². The average Bonchev–Trinajstić information content (AvgIpc) is 2.84. The zero-order valence-corrected chi connectivity index (χ0v) is 22.4. The molecule has 0 aliphatic carbocycles. The number of hydrogen-bond donors (Lipinski definition) is 1. The Morgan fingerprint density at radius 2 is 1.44 bits per heavy atom. The zero-order valence-electron chi connectivity index (χ0n) is 20.2. The number of ether oxygens (including phenoxy) is 1. The molecule has 184 valence electrons. The molecule has 2 aromatic carbocycles. The summed E-state index contributed by atoms with van der Waals surface area (Å²) in [5, 5.41) is 4.03. The quantitative estimate of drug-likeness (QED) is 0.0557. The van der Waals surface area contributed by atoms with Gasteiger partial charge in [-0.2, -0.15) is 5.10 Å². The Labute approximate surface area is 217 Å². The molecule has 1 amide bonds. The van der Waals surface area contributed by atoms with E-state index in [4.69, 9.17) is 4.74 Å². The molecule has 0 radical (unpaired) electrons. The van der Waals surface area contributed by atoms with E-state index in [9.17, 15) is 9.59 Å². The summed E-state index contributed by atoms with van der Waals surface area (Å²) in [6, 6.07) is 14.3. The molecule has 34 heavy (non-hydrogen) atoms. The topological polar surface area (TPSA) is 67.8 Å². The summed E-state index contributed by atoms with van der Waals surface area (Å²) in [4.78, 5) is 24.2. The molecule has 0 aromatic heterocycles. The van der Waals surface area contributed by atoms with Gasteiger partial charge in [0.25, 0.3) is 0 Å². The number of esters is 1. The molecule has 0 bridgehead atoms. The Balaban J connectivity index is 1.56. The number of amides is 1. The van der Waals surface area contributed by atoms with Crippen molar-refractivity contribution in [2.24, 2.45) is 5.10 Å². The van der Waals surface area contributed by atoms with Crippen LogP contribution in [0.15, 0.2) is 53.6 Å². The number of hydrogen-bond acceptors (Lipinski definition) is 4. The lowest BCUT2D eigenvalue weighted by atomic mass is 10.1. The van der Waals surface area contributed by atoms with E-state index in [-0.39, 0.29) is 11.9 Å². The minimum absolute atomic E-state index is 0.0600. The van der Waals surface area contributed by atoms with Crippen LogP contribution in [0.25, 0.3) is 0 Å². The van der Waals surface area contributed by atoms with Gasteiger partial charge in [0.2, 0.25) is 5.91 Å². The second kappa shape index (κ2) is 17.2. The predicted molar refractivity (Wildman–Crippen MR) is 147 cm³/mol. The van der Waals surface area contributed by atoms with Crippen LogP contribution in [-0.2, 0) is 4.79 Å². The number of carbonyl (C=O) groups is 2. The minimum Gasteiger partial charge on any atom is -0.423 e. The van der Waals surface area contributed by atoms with E-state index in [2.05, 4.69) is 40.0 Å². The molecule has 0 saturated carbocycles. The number of carbonyl (C=O) groups excluding carboxylic acids is 2. The van der Waals surface area contributed by atoms with Crippen LogP contribution in [0.3, 0.4) is 0 Å². The van der Waals surface area contributed by atoms with E-state index < -0.39 is 0 Å². The van der Waals surface area contributed by atoms with E-state index in [1.165, 1.54) is 57.8 Å². The van der Waals surface area contributed by atoms with Gasteiger partial charge >= 0.3 is 5.97 Å². The molecule has 0 spiro atoms. The molecule has 0 fully saturated rings. The second-order valence-electron chi connectivity index (χ2n) is 8.52. The van der Waals surface area contributed by atoms with Gasteiger partial charge < -0.3 is 4.74 Å². The maximum Gasteiger partial charge on any atom is 0.344 e. The molecule has 0 aliphatic rings. The summed E-state index contributed by atoms with van der Waals surface area (Å²) >= 11 is 2.11. The van der Waals surface area contributed by atoms with E-state index in [1.54, 1.807) is 36.5 Å². The number of nitrogens with one attached hydrogen (secondary N) is 1. The second-order valence-corrected chi connectivity index (χ2v) is 9.68. The number of rotatable bonds is 16. The predicted octanol–water partition coefficient (Wildman–Crippen LogP) is 7.66. The monoisotopic (exact) mass is 576 g/mol. The van der Waals surface area contributed by atoms with Crippen molar-refractivity contribution >= 4 is 40.7 Å². The van der Waals surface area contributed by atoms with Gasteiger partial charge in [-0.3, -0.25) is 4.79 Å². The van der Waals surface area contributed by atoms with Gasteiger partial charge in [-0.1, -0.05) is 83.3 Å². The van der Waals surface area contributed by atoms with Gasteiger partial charge in [0.15, 0.2) is 0 Å². The lowest BCUT2D eigenvalue weighted by Gasteiger charge is -2.06. The van der Waals surface area contributed by atoms with Crippen molar-refractivity contribution in [3.8, 4) is 5.75 Å². The number of halogens is 1. The fourth-order valence-electron chi connectivity index (χ4n) is 3.60. The number of unbranched alkanes of at least 4 members (excludes halogenated alkanes) is 10. The van der Waals surface area contributed by atoms with E-state index >= 15 is 0 Å². The van der Waals surface area contributed by atoms with Crippen LogP contribution in [-0.4, -0.2) is 18.1 Å². The van der Waals surface area contributed by atoms with Crippen LogP contribution in [0.1, 0.15) is 99.9 Å². The van der Waals surface area contributed by atoms with E-state index in [1.807, 2.05) is 18.2 Å². The largest absolute Gasteiger partial charge is 0.423 e. The Kier molecular flexibility index (Phi) is 14.2. The fourth-order valence-corrected chi connectivity index (χ4v) is 4.20. The number of nitrogens with zero attached hydrogens (tertiary/aromatic N) is 1. The minimum atomic E-state index is -0.388. The highest BCUT2D eigenvalue weighted by Crippen LogP contribution is 2.17. The standard InChI is InChI=1S/C28H37IN2O3/c1-2-3-4-5-6-7-8-9-10-11-12-17-27(32)31-30-22-23-18-20-24(21-19-23)34-28(33)25-15-13-14-16-26(25)29/h13-16,18-22H,2-12,17H2,1H3,(H,31,32)/b30-22-. The van der Waals surface area contributed by atoms with Crippen LogP contribution in [0.5, 0.6) is 5.75 Å². The molecule has 6 heteroatoms. The summed E-state index contributed by atoms with van der Waals surface area (Å²) in [7, 11) is 0. The van der Waals surface area contributed by atoms with Crippen LogP contribution >= 0.6 is 22.6 Å². The first-order chi connectivity index (χ1) is 16.6. The summed E-state index contributed by atoms with van der Waals surface area (Å²) < 4.78 is 6.27.